The molecule has 0 spiro atoms. The van der Waals surface area contributed by atoms with E-state index in [2.05, 4.69) is 9.46 Å². The van der Waals surface area contributed by atoms with Crippen LogP contribution in [0.15, 0.2) is 30.3 Å². The average molecular weight is 292 g/mol. The average Bonchev–Trinajstić information content (AvgIpc) is 2.36. The summed E-state index contributed by atoms with van der Waals surface area (Å²) < 4.78 is 30.1. The van der Waals surface area contributed by atoms with Gasteiger partial charge in [0.15, 0.2) is 0 Å². The van der Waals surface area contributed by atoms with Gasteiger partial charge in [-0.2, -0.15) is 4.72 Å². The fourth-order valence-electron chi connectivity index (χ4n) is 1.36. The molecule has 0 radical (unpaired) electrons. The van der Waals surface area contributed by atoms with Crippen LogP contribution in [0.1, 0.15) is 11.6 Å². The number of benzene rings is 1. The molecule has 1 rings (SSSR count). The number of nitrogens with one attached hydrogen (secondary N) is 1. The monoisotopic (exact) mass is 291 g/mol. The molecule has 18 heavy (non-hydrogen) atoms. The third-order valence-electron chi connectivity index (χ3n) is 2.21. The van der Waals surface area contributed by atoms with Gasteiger partial charge in [-0.05, 0) is 5.56 Å². The molecule has 1 aromatic rings. The zero-order valence-electron chi connectivity index (χ0n) is 9.80. The Hall–Kier alpha value is -1.11. The minimum absolute atomic E-state index is 0.0436. The standard InChI is InChI=1S/C11H14ClNO4S/c1-17-11(14)10(9-5-3-2-4-6-9)13-18(15,16)8-7-12/h2-6,10,13H,7-8H2,1H3. The number of methoxy groups -OCH3 is 1. The van der Waals surface area contributed by atoms with Gasteiger partial charge in [0.2, 0.25) is 10.0 Å². The third kappa shape index (κ3) is 4.29. The minimum atomic E-state index is -3.62. The van der Waals surface area contributed by atoms with Gasteiger partial charge < -0.3 is 4.74 Å². The molecule has 0 heterocycles. The summed E-state index contributed by atoms with van der Waals surface area (Å²) in [6.45, 7) is 0. The van der Waals surface area contributed by atoms with Crippen LogP contribution in [0.5, 0.6) is 0 Å². The summed E-state index contributed by atoms with van der Waals surface area (Å²) in [6, 6.07) is 7.42. The minimum Gasteiger partial charge on any atom is -0.468 e. The van der Waals surface area contributed by atoms with E-state index in [4.69, 9.17) is 11.6 Å². The van der Waals surface area contributed by atoms with Crippen molar-refractivity contribution >= 4 is 27.6 Å². The summed E-state index contributed by atoms with van der Waals surface area (Å²) in [6.07, 6.45) is 0. The van der Waals surface area contributed by atoms with Crippen LogP contribution < -0.4 is 4.72 Å². The Labute approximate surface area is 111 Å². The van der Waals surface area contributed by atoms with E-state index >= 15 is 0 Å². The lowest BCUT2D eigenvalue weighted by Gasteiger charge is -2.16. The number of halogens is 1. The largest absolute Gasteiger partial charge is 0.468 e. The van der Waals surface area contributed by atoms with E-state index in [9.17, 15) is 13.2 Å². The Bertz CT molecular complexity index is 489. The second-order valence-electron chi connectivity index (χ2n) is 3.49. The summed E-state index contributed by atoms with van der Waals surface area (Å²) in [5, 5.41) is 0. The van der Waals surface area contributed by atoms with E-state index in [1.165, 1.54) is 7.11 Å². The van der Waals surface area contributed by atoms with E-state index < -0.39 is 22.0 Å². The topological polar surface area (TPSA) is 72.5 Å². The molecule has 100 valence electrons. The van der Waals surface area contributed by atoms with Crippen LogP contribution in [0.25, 0.3) is 0 Å². The predicted octanol–water partition coefficient (Wildman–Crippen LogP) is 1.06. The molecule has 7 heteroatoms. The molecule has 1 N–H and O–H groups in total. The SMILES string of the molecule is COC(=O)C(NS(=O)(=O)CCCl)c1ccccc1. The van der Waals surface area contributed by atoms with Crippen molar-refractivity contribution in [1.82, 2.24) is 4.72 Å². The van der Waals surface area contributed by atoms with Crippen molar-refractivity contribution in [2.75, 3.05) is 18.7 Å². The van der Waals surface area contributed by atoms with Crippen LogP contribution in [-0.4, -0.2) is 33.1 Å². The van der Waals surface area contributed by atoms with Crippen LogP contribution in [-0.2, 0) is 19.6 Å². The maximum Gasteiger partial charge on any atom is 0.328 e. The molecule has 0 aromatic heterocycles. The number of alkyl halides is 1. The molecule has 0 bridgehead atoms. The second kappa shape index (κ2) is 6.72. The molecule has 0 aliphatic rings. The summed E-state index contributed by atoms with van der Waals surface area (Å²) in [5.41, 5.74) is 0.516. The Kier molecular flexibility index (Phi) is 5.58. The highest BCUT2D eigenvalue weighted by molar-refractivity contribution is 7.89. The number of hydrogen-bond donors (Lipinski definition) is 1. The van der Waals surface area contributed by atoms with Crippen molar-refractivity contribution in [2.24, 2.45) is 0 Å². The molecule has 0 fully saturated rings. The van der Waals surface area contributed by atoms with E-state index in [0.29, 0.717) is 5.56 Å². The molecule has 1 unspecified atom stereocenters. The van der Waals surface area contributed by atoms with Crippen molar-refractivity contribution in [1.29, 1.82) is 0 Å². The van der Waals surface area contributed by atoms with Crippen LogP contribution in [0.2, 0.25) is 0 Å². The first kappa shape index (κ1) is 14.9. The van der Waals surface area contributed by atoms with E-state index in [0.717, 1.165) is 0 Å². The van der Waals surface area contributed by atoms with E-state index in [1.54, 1.807) is 30.3 Å². The fourth-order valence-corrected chi connectivity index (χ4v) is 2.88. The van der Waals surface area contributed by atoms with Gasteiger partial charge in [0.05, 0.1) is 12.9 Å². The van der Waals surface area contributed by atoms with E-state index in [1.807, 2.05) is 0 Å². The molecule has 0 amide bonds. The van der Waals surface area contributed by atoms with Gasteiger partial charge >= 0.3 is 5.97 Å². The lowest BCUT2D eigenvalue weighted by molar-refractivity contribution is -0.142. The highest BCUT2D eigenvalue weighted by Crippen LogP contribution is 2.15. The third-order valence-corrected chi connectivity index (χ3v) is 3.96. The highest BCUT2D eigenvalue weighted by Gasteiger charge is 2.26. The molecule has 5 nitrogen and oxygen atoms in total. The van der Waals surface area contributed by atoms with Crippen molar-refractivity contribution < 1.29 is 17.9 Å². The molecule has 1 aromatic carbocycles. The number of carbonyl (C=O) groups excluding carboxylic acids is 1. The van der Waals surface area contributed by atoms with Gasteiger partial charge in [0.25, 0.3) is 0 Å². The number of hydrogen-bond acceptors (Lipinski definition) is 4. The Morgan fingerprint density at radius 1 is 1.39 bits per heavy atom. The van der Waals surface area contributed by atoms with Crippen molar-refractivity contribution in [3.63, 3.8) is 0 Å². The molecule has 0 aliphatic heterocycles. The number of carbonyl (C=O) groups is 1. The van der Waals surface area contributed by atoms with Crippen LogP contribution >= 0.6 is 11.6 Å². The van der Waals surface area contributed by atoms with Gasteiger partial charge in [0, 0.05) is 5.88 Å². The summed E-state index contributed by atoms with van der Waals surface area (Å²) in [5.74, 6) is -0.966. The van der Waals surface area contributed by atoms with Gasteiger partial charge in [-0.25, -0.2) is 13.2 Å². The van der Waals surface area contributed by atoms with Crippen LogP contribution in [0.4, 0.5) is 0 Å². The smallest absolute Gasteiger partial charge is 0.328 e. The van der Waals surface area contributed by atoms with Crippen LogP contribution in [0.3, 0.4) is 0 Å². The van der Waals surface area contributed by atoms with Crippen LogP contribution in [0, 0.1) is 0 Å². The van der Waals surface area contributed by atoms with Crippen molar-refractivity contribution in [3.8, 4) is 0 Å². The van der Waals surface area contributed by atoms with Gasteiger partial charge in [-0.15, -0.1) is 11.6 Å². The first-order valence-electron chi connectivity index (χ1n) is 5.19. The number of esters is 1. The van der Waals surface area contributed by atoms with Gasteiger partial charge in [-0.1, -0.05) is 30.3 Å². The molecule has 0 saturated heterocycles. The lowest BCUT2D eigenvalue weighted by atomic mass is 10.1. The molecular formula is C11H14ClNO4S. The fraction of sp³-hybridized carbons (Fsp3) is 0.364. The van der Waals surface area contributed by atoms with Crippen molar-refractivity contribution in [3.05, 3.63) is 35.9 Å². The number of rotatable bonds is 6. The first-order chi connectivity index (χ1) is 8.50. The van der Waals surface area contributed by atoms with Gasteiger partial charge in [0.1, 0.15) is 6.04 Å². The summed E-state index contributed by atoms with van der Waals surface area (Å²) >= 11 is 5.39. The quantitative estimate of drug-likeness (QED) is 0.628. The zero-order chi connectivity index (χ0) is 13.6. The Balaban J connectivity index is 2.98. The molecule has 1 atom stereocenters. The molecule has 0 saturated carbocycles. The first-order valence-corrected chi connectivity index (χ1v) is 7.37. The van der Waals surface area contributed by atoms with Crippen molar-refractivity contribution in [2.45, 2.75) is 6.04 Å². The number of sulfonamides is 1. The molecular weight excluding hydrogens is 278 g/mol. The zero-order valence-corrected chi connectivity index (χ0v) is 11.4. The summed E-state index contributed by atoms with van der Waals surface area (Å²) in [4.78, 5) is 11.6. The van der Waals surface area contributed by atoms with E-state index in [-0.39, 0.29) is 11.6 Å². The lowest BCUT2D eigenvalue weighted by Crippen LogP contribution is -2.36. The number of ether oxygens (including phenoxy) is 1. The van der Waals surface area contributed by atoms with Gasteiger partial charge in [-0.3, -0.25) is 0 Å². The Morgan fingerprint density at radius 3 is 2.50 bits per heavy atom. The molecule has 0 aliphatic carbocycles. The second-order valence-corrected chi connectivity index (χ2v) is 5.74. The highest BCUT2D eigenvalue weighted by atomic mass is 35.5. The maximum absolute atomic E-state index is 11.6. The summed E-state index contributed by atoms with van der Waals surface area (Å²) in [7, 11) is -2.41. The Morgan fingerprint density at radius 2 is 2.00 bits per heavy atom. The maximum atomic E-state index is 11.6. The normalized spacial score (nSPS) is 13.0. The predicted molar refractivity (Wildman–Crippen MR) is 68.8 cm³/mol.